The first-order valence-electron chi connectivity index (χ1n) is 6.69. The number of benzene rings is 1. The number of hydrogen-bond donors (Lipinski definition) is 1. The van der Waals surface area contributed by atoms with Gasteiger partial charge in [0.15, 0.2) is 0 Å². The van der Waals surface area contributed by atoms with Gasteiger partial charge in [-0.25, -0.2) is 0 Å². The van der Waals surface area contributed by atoms with Crippen molar-refractivity contribution < 1.29 is 9.59 Å². The molecule has 2 N–H and O–H groups in total. The van der Waals surface area contributed by atoms with Crippen molar-refractivity contribution in [3.05, 3.63) is 33.8 Å². The lowest BCUT2D eigenvalue weighted by molar-refractivity contribution is -0.133. The van der Waals surface area contributed by atoms with Crippen LogP contribution in [0.15, 0.2) is 18.2 Å². The summed E-state index contributed by atoms with van der Waals surface area (Å²) in [6.07, 6.45) is 0. The van der Waals surface area contributed by atoms with Crippen LogP contribution >= 0.6 is 23.2 Å². The molecular formula is C14H17Cl2N3O2. The van der Waals surface area contributed by atoms with Gasteiger partial charge in [-0.05, 0) is 19.1 Å². The quantitative estimate of drug-likeness (QED) is 0.896. The minimum Gasteiger partial charge on any atom is -0.338 e. The molecular weight excluding hydrogens is 313 g/mol. The topological polar surface area (TPSA) is 66.6 Å². The summed E-state index contributed by atoms with van der Waals surface area (Å²) in [5.41, 5.74) is 5.97. The molecule has 0 unspecified atom stereocenters. The molecule has 2 amide bonds. The Morgan fingerprint density at radius 2 is 1.71 bits per heavy atom. The molecule has 0 radical (unpaired) electrons. The summed E-state index contributed by atoms with van der Waals surface area (Å²) in [4.78, 5) is 27.6. The smallest absolute Gasteiger partial charge is 0.255 e. The number of hydrogen-bond acceptors (Lipinski definition) is 3. The Morgan fingerprint density at radius 1 is 1.14 bits per heavy atom. The summed E-state index contributed by atoms with van der Waals surface area (Å²) in [5, 5.41) is 0.617. The first-order valence-corrected chi connectivity index (χ1v) is 7.45. The van der Waals surface area contributed by atoms with Crippen molar-refractivity contribution in [2.24, 2.45) is 5.73 Å². The third kappa shape index (κ3) is 3.48. The summed E-state index contributed by atoms with van der Waals surface area (Å²) in [6, 6.07) is 4.46. The summed E-state index contributed by atoms with van der Waals surface area (Å²) < 4.78 is 0. The van der Waals surface area contributed by atoms with Crippen LogP contribution in [-0.4, -0.2) is 53.8 Å². The highest BCUT2D eigenvalue weighted by atomic mass is 35.5. The van der Waals surface area contributed by atoms with Crippen LogP contribution in [0.2, 0.25) is 10.0 Å². The van der Waals surface area contributed by atoms with E-state index in [0.29, 0.717) is 36.8 Å². The lowest BCUT2D eigenvalue weighted by Gasteiger charge is -2.35. The highest BCUT2D eigenvalue weighted by Gasteiger charge is 2.27. The minimum atomic E-state index is -0.519. The zero-order chi connectivity index (χ0) is 15.6. The van der Waals surface area contributed by atoms with Gasteiger partial charge in [0.1, 0.15) is 0 Å². The molecule has 0 aromatic heterocycles. The van der Waals surface area contributed by atoms with Crippen LogP contribution < -0.4 is 5.73 Å². The second-order valence-electron chi connectivity index (χ2n) is 5.01. The minimum absolute atomic E-state index is 0.0945. The molecule has 1 aliphatic heterocycles. The van der Waals surface area contributed by atoms with Gasteiger partial charge in [0.05, 0.1) is 21.7 Å². The summed E-state index contributed by atoms with van der Waals surface area (Å²) in [7, 11) is 0. The first kappa shape index (κ1) is 16.1. The Balaban J connectivity index is 2.04. The maximum Gasteiger partial charge on any atom is 0.255 e. The van der Waals surface area contributed by atoms with Crippen molar-refractivity contribution in [1.29, 1.82) is 0 Å². The number of nitrogens with zero attached hydrogens (tertiary/aromatic N) is 2. The van der Waals surface area contributed by atoms with Crippen molar-refractivity contribution in [2.75, 3.05) is 26.2 Å². The molecule has 1 aromatic rings. The average Bonchev–Trinajstić information content (AvgIpc) is 2.48. The van der Waals surface area contributed by atoms with Gasteiger partial charge in [-0.15, -0.1) is 0 Å². The predicted octanol–water partition coefficient (Wildman–Crippen LogP) is 1.63. The van der Waals surface area contributed by atoms with Crippen LogP contribution in [0.25, 0.3) is 0 Å². The van der Waals surface area contributed by atoms with E-state index in [1.807, 2.05) is 0 Å². The lowest BCUT2D eigenvalue weighted by atomic mass is 10.1. The number of piperazine rings is 1. The molecule has 1 fully saturated rings. The van der Waals surface area contributed by atoms with E-state index in [9.17, 15) is 9.59 Å². The molecule has 1 aromatic carbocycles. The molecule has 1 saturated heterocycles. The zero-order valence-corrected chi connectivity index (χ0v) is 13.2. The molecule has 5 nitrogen and oxygen atoms in total. The molecule has 1 aliphatic rings. The third-order valence-corrected chi connectivity index (χ3v) is 4.27. The molecule has 114 valence electrons. The van der Waals surface area contributed by atoms with Crippen LogP contribution in [0.4, 0.5) is 0 Å². The van der Waals surface area contributed by atoms with Gasteiger partial charge in [-0.2, -0.15) is 0 Å². The Morgan fingerprint density at radius 3 is 2.29 bits per heavy atom. The van der Waals surface area contributed by atoms with Crippen molar-refractivity contribution >= 4 is 35.0 Å². The van der Waals surface area contributed by atoms with Crippen LogP contribution in [0.1, 0.15) is 17.3 Å². The van der Waals surface area contributed by atoms with Gasteiger partial charge in [-0.1, -0.05) is 29.3 Å². The van der Waals surface area contributed by atoms with Gasteiger partial charge in [0.2, 0.25) is 5.91 Å². The Labute approximate surface area is 133 Å². The molecule has 2 rings (SSSR count). The zero-order valence-electron chi connectivity index (χ0n) is 11.7. The van der Waals surface area contributed by atoms with E-state index in [2.05, 4.69) is 0 Å². The van der Waals surface area contributed by atoms with E-state index < -0.39 is 6.04 Å². The summed E-state index contributed by atoms with van der Waals surface area (Å²) >= 11 is 12.0. The molecule has 0 saturated carbocycles. The standard InChI is InChI=1S/C14H17Cl2N3O2/c1-9(17)13(20)18-5-7-19(8-6-18)14(21)10-3-2-4-11(15)12(10)16/h2-4,9H,5-8,17H2,1H3/t9-/m1/s1. The van der Waals surface area contributed by atoms with E-state index in [0.717, 1.165) is 0 Å². The van der Waals surface area contributed by atoms with Gasteiger partial charge in [-0.3, -0.25) is 9.59 Å². The van der Waals surface area contributed by atoms with E-state index in [1.165, 1.54) is 0 Å². The monoisotopic (exact) mass is 329 g/mol. The maximum absolute atomic E-state index is 12.4. The van der Waals surface area contributed by atoms with Crippen molar-refractivity contribution in [1.82, 2.24) is 9.80 Å². The second kappa shape index (κ2) is 6.64. The molecule has 0 spiro atoms. The fraction of sp³-hybridized carbons (Fsp3) is 0.429. The van der Waals surface area contributed by atoms with Gasteiger partial charge < -0.3 is 15.5 Å². The molecule has 1 heterocycles. The Hall–Kier alpha value is -1.30. The fourth-order valence-electron chi connectivity index (χ4n) is 2.26. The van der Waals surface area contributed by atoms with E-state index in [4.69, 9.17) is 28.9 Å². The summed E-state index contributed by atoms with van der Waals surface area (Å²) in [6.45, 7) is 3.53. The molecule has 7 heteroatoms. The summed E-state index contributed by atoms with van der Waals surface area (Å²) in [5.74, 6) is -0.265. The number of carbonyl (C=O) groups is 2. The fourth-order valence-corrected chi connectivity index (χ4v) is 2.64. The average molecular weight is 330 g/mol. The van der Waals surface area contributed by atoms with Crippen molar-refractivity contribution in [2.45, 2.75) is 13.0 Å². The normalized spacial score (nSPS) is 16.8. The first-order chi connectivity index (χ1) is 9.91. The maximum atomic E-state index is 12.4. The third-order valence-electron chi connectivity index (χ3n) is 3.45. The van der Waals surface area contributed by atoms with E-state index in [1.54, 1.807) is 34.9 Å². The van der Waals surface area contributed by atoms with Crippen LogP contribution in [0.3, 0.4) is 0 Å². The molecule has 0 aliphatic carbocycles. The lowest BCUT2D eigenvalue weighted by Crippen LogP contribution is -2.53. The Bertz CT molecular complexity index is 555. The van der Waals surface area contributed by atoms with Gasteiger partial charge in [0.25, 0.3) is 5.91 Å². The van der Waals surface area contributed by atoms with Crippen LogP contribution in [0, 0.1) is 0 Å². The predicted molar refractivity (Wildman–Crippen MR) is 82.6 cm³/mol. The van der Waals surface area contributed by atoms with Gasteiger partial charge in [0, 0.05) is 26.2 Å². The van der Waals surface area contributed by atoms with Gasteiger partial charge >= 0.3 is 0 Å². The van der Waals surface area contributed by atoms with E-state index in [-0.39, 0.29) is 16.8 Å². The molecule has 0 bridgehead atoms. The highest BCUT2D eigenvalue weighted by Crippen LogP contribution is 2.26. The number of halogens is 2. The Kier molecular flexibility index (Phi) is 5.08. The van der Waals surface area contributed by atoms with E-state index >= 15 is 0 Å². The van der Waals surface area contributed by atoms with Crippen LogP contribution in [-0.2, 0) is 4.79 Å². The number of rotatable bonds is 2. The number of amides is 2. The molecule has 1 atom stereocenters. The SMILES string of the molecule is C[C@@H](N)C(=O)N1CCN(C(=O)c2cccc(Cl)c2Cl)CC1. The van der Waals surface area contributed by atoms with Crippen molar-refractivity contribution in [3.8, 4) is 0 Å². The van der Waals surface area contributed by atoms with Crippen molar-refractivity contribution in [3.63, 3.8) is 0 Å². The second-order valence-corrected chi connectivity index (χ2v) is 5.79. The number of carbonyl (C=O) groups excluding carboxylic acids is 2. The largest absolute Gasteiger partial charge is 0.338 e. The number of nitrogens with two attached hydrogens (primary N) is 1. The molecule has 21 heavy (non-hydrogen) atoms. The highest BCUT2D eigenvalue weighted by molar-refractivity contribution is 6.43. The van der Waals surface area contributed by atoms with Crippen LogP contribution in [0.5, 0.6) is 0 Å².